The molecule has 0 spiro atoms. The Morgan fingerprint density at radius 2 is 1.75 bits per heavy atom. The highest BCUT2D eigenvalue weighted by Crippen LogP contribution is 2.33. The lowest BCUT2D eigenvalue weighted by molar-refractivity contribution is -0.123. The van der Waals surface area contributed by atoms with Crippen LogP contribution in [-0.2, 0) is 9.59 Å². The summed E-state index contributed by atoms with van der Waals surface area (Å²) in [6, 6.07) is 14.5. The van der Waals surface area contributed by atoms with Crippen molar-refractivity contribution in [2.75, 3.05) is 0 Å². The number of nitrogens with zero attached hydrogens (tertiary/aromatic N) is 1. The third kappa shape index (κ3) is 3.27. The Balaban J connectivity index is 1.81. The number of pyridine rings is 1. The van der Waals surface area contributed by atoms with Crippen LogP contribution in [0.1, 0.15) is 30.4 Å². The maximum Gasteiger partial charge on any atom is 0.170 e. The van der Waals surface area contributed by atoms with Gasteiger partial charge < -0.3 is 9.84 Å². The van der Waals surface area contributed by atoms with Crippen molar-refractivity contribution >= 4 is 28.2 Å². The Bertz CT molecular complexity index is 1110. The lowest BCUT2D eigenvalue weighted by Gasteiger charge is -2.15. The zero-order chi connectivity index (χ0) is 19.7. The number of aliphatic hydroxyl groups excluding tert-OH is 1. The number of aryl methyl sites for hydroxylation is 1. The highest BCUT2D eigenvalue weighted by molar-refractivity contribution is 6.25. The lowest BCUT2D eigenvalue weighted by Crippen LogP contribution is -2.20. The van der Waals surface area contributed by atoms with Crippen LogP contribution < -0.4 is 4.74 Å². The molecule has 0 atom stereocenters. The smallest absolute Gasteiger partial charge is 0.170 e. The molecule has 1 N–H and O–H groups in total. The second-order valence-corrected chi connectivity index (χ2v) is 6.83. The Morgan fingerprint density at radius 3 is 2.50 bits per heavy atom. The minimum Gasteiger partial charge on any atom is -0.506 e. The highest BCUT2D eigenvalue weighted by Gasteiger charge is 2.27. The molecule has 140 valence electrons. The van der Waals surface area contributed by atoms with Crippen molar-refractivity contribution in [1.29, 1.82) is 0 Å². The molecule has 1 aromatic heterocycles. The van der Waals surface area contributed by atoms with E-state index < -0.39 is 0 Å². The number of carbonyl (C=O) groups excluding carboxylic acids is 2. The largest absolute Gasteiger partial charge is 0.506 e. The fourth-order valence-corrected chi connectivity index (χ4v) is 3.37. The van der Waals surface area contributed by atoms with E-state index in [1.54, 1.807) is 30.5 Å². The van der Waals surface area contributed by atoms with E-state index in [0.717, 1.165) is 11.3 Å². The third-order valence-electron chi connectivity index (χ3n) is 4.89. The summed E-state index contributed by atoms with van der Waals surface area (Å²) < 4.78 is 6.07. The van der Waals surface area contributed by atoms with Crippen molar-refractivity contribution in [2.24, 2.45) is 0 Å². The van der Waals surface area contributed by atoms with Crippen molar-refractivity contribution in [3.8, 4) is 11.5 Å². The molecule has 0 unspecified atom stereocenters. The summed E-state index contributed by atoms with van der Waals surface area (Å²) in [5.74, 6) is 0.413. The van der Waals surface area contributed by atoms with Gasteiger partial charge in [-0.15, -0.1) is 0 Å². The molecule has 0 amide bonds. The van der Waals surface area contributed by atoms with Crippen LogP contribution >= 0.6 is 0 Å². The van der Waals surface area contributed by atoms with Crippen LogP contribution in [0.15, 0.2) is 60.3 Å². The van der Waals surface area contributed by atoms with Crippen LogP contribution in [0.5, 0.6) is 11.5 Å². The van der Waals surface area contributed by atoms with Gasteiger partial charge in [0, 0.05) is 30.0 Å². The normalized spacial score (nSPS) is 14.4. The zero-order valence-electron chi connectivity index (χ0n) is 15.4. The molecule has 2 aromatic carbocycles. The quantitative estimate of drug-likeness (QED) is 0.400. The van der Waals surface area contributed by atoms with E-state index in [2.05, 4.69) is 4.98 Å². The molecule has 1 aliphatic carbocycles. The predicted molar refractivity (Wildman–Crippen MR) is 106 cm³/mol. The van der Waals surface area contributed by atoms with Gasteiger partial charge in [0.25, 0.3) is 0 Å². The number of aliphatic hydroxyl groups is 1. The number of aromatic nitrogens is 1. The topological polar surface area (TPSA) is 76.5 Å². The minimum atomic E-state index is -0.309. The first kappa shape index (κ1) is 17.9. The average molecular weight is 373 g/mol. The van der Waals surface area contributed by atoms with Gasteiger partial charge in [-0.25, -0.2) is 0 Å². The highest BCUT2D eigenvalue weighted by atomic mass is 16.5. The van der Waals surface area contributed by atoms with Gasteiger partial charge in [0.2, 0.25) is 0 Å². The van der Waals surface area contributed by atoms with Gasteiger partial charge in [0.1, 0.15) is 22.8 Å². The Kier molecular flexibility index (Phi) is 4.65. The monoisotopic (exact) mass is 373 g/mol. The first-order valence-electron chi connectivity index (χ1n) is 9.17. The van der Waals surface area contributed by atoms with E-state index in [1.165, 1.54) is 0 Å². The van der Waals surface area contributed by atoms with Crippen molar-refractivity contribution in [3.63, 3.8) is 0 Å². The van der Waals surface area contributed by atoms with Gasteiger partial charge >= 0.3 is 0 Å². The molecular formula is C23H19NO4. The molecule has 5 nitrogen and oxygen atoms in total. The van der Waals surface area contributed by atoms with Gasteiger partial charge in [-0.05, 0) is 49.2 Å². The Hall–Kier alpha value is -3.47. The van der Waals surface area contributed by atoms with E-state index >= 15 is 0 Å². The number of ketones is 2. The molecule has 0 radical (unpaired) electrons. The average Bonchev–Trinajstić information content (AvgIpc) is 2.69. The number of rotatable bonds is 3. The van der Waals surface area contributed by atoms with Crippen molar-refractivity contribution < 1.29 is 19.4 Å². The summed E-state index contributed by atoms with van der Waals surface area (Å²) in [7, 11) is 0. The lowest BCUT2D eigenvalue weighted by atomic mass is 9.89. The van der Waals surface area contributed by atoms with E-state index in [-0.39, 0.29) is 35.7 Å². The fraction of sp³-hybridized carbons (Fsp3) is 0.174. The van der Waals surface area contributed by atoms with Crippen molar-refractivity contribution in [1.82, 2.24) is 4.98 Å². The van der Waals surface area contributed by atoms with Crippen LogP contribution in [0.25, 0.3) is 16.7 Å². The number of para-hydroxylation sites is 1. The van der Waals surface area contributed by atoms with E-state index in [1.807, 2.05) is 31.2 Å². The van der Waals surface area contributed by atoms with Crippen LogP contribution in [0.4, 0.5) is 0 Å². The number of Topliss-reactive ketones (excluding diaryl/α,β-unsaturated/α-hetero) is 2. The third-order valence-corrected chi connectivity index (χ3v) is 4.89. The van der Waals surface area contributed by atoms with Gasteiger partial charge in [-0.1, -0.05) is 18.2 Å². The molecule has 4 rings (SSSR count). The van der Waals surface area contributed by atoms with Crippen LogP contribution in [-0.4, -0.2) is 21.7 Å². The molecule has 0 saturated heterocycles. The number of allylic oxidation sites excluding steroid dienone is 1. The molecule has 5 heteroatoms. The SMILES string of the molecule is Cc1ccccc1Oc1ccnc2ccc(C(O)=C3C(=O)CCCC3=O)cc12. The summed E-state index contributed by atoms with van der Waals surface area (Å²) in [4.78, 5) is 28.6. The number of hydrogen-bond donors (Lipinski definition) is 1. The minimum absolute atomic E-state index is 0.101. The van der Waals surface area contributed by atoms with E-state index in [0.29, 0.717) is 28.6 Å². The van der Waals surface area contributed by atoms with E-state index in [9.17, 15) is 14.7 Å². The second kappa shape index (κ2) is 7.27. The number of fused-ring (bicyclic) bond motifs is 1. The molecule has 1 heterocycles. The second-order valence-electron chi connectivity index (χ2n) is 6.83. The molecule has 28 heavy (non-hydrogen) atoms. The summed E-state index contributed by atoms with van der Waals surface area (Å²) in [6.45, 7) is 1.96. The fourth-order valence-electron chi connectivity index (χ4n) is 3.37. The van der Waals surface area contributed by atoms with Crippen molar-refractivity contribution in [2.45, 2.75) is 26.2 Å². The molecule has 3 aromatic rings. The van der Waals surface area contributed by atoms with Crippen LogP contribution in [0.2, 0.25) is 0 Å². The van der Waals surface area contributed by atoms with Gasteiger partial charge in [0.15, 0.2) is 11.6 Å². The Labute approximate surface area is 162 Å². The zero-order valence-corrected chi connectivity index (χ0v) is 15.4. The molecule has 1 fully saturated rings. The molecule has 1 saturated carbocycles. The van der Waals surface area contributed by atoms with Gasteiger partial charge in [-0.3, -0.25) is 14.6 Å². The molecule has 1 aliphatic rings. The van der Waals surface area contributed by atoms with Crippen LogP contribution in [0.3, 0.4) is 0 Å². The van der Waals surface area contributed by atoms with Crippen LogP contribution in [0, 0.1) is 6.92 Å². The first-order chi connectivity index (χ1) is 13.5. The molecular weight excluding hydrogens is 354 g/mol. The maximum absolute atomic E-state index is 12.2. The maximum atomic E-state index is 12.2. The predicted octanol–water partition coefficient (Wildman–Crippen LogP) is 4.93. The van der Waals surface area contributed by atoms with E-state index in [4.69, 9.17) is 4.74 Å². The molecule has 0 bridgehead atoms. The first-order valence-corrected chi connectivity index (χ1v) is 9.17. The molecule has 0 aliphatic heterocycles. The van der Waals surface area contributed by atoms with Gasteiger partial charge in [-0.2, -0.15) is 0 Å². The number of ether oxygens (including phenoxy) is 1. The number of hydrogen-bond acceptors (Lipinski definition) is 5. The standard InChI is InChI=1S/C23H19NO4/c1-14-5-2-3-8-20(14)28-21-11-12-24-17-10-9-15(13-16(17)21)23(27)22-18(25)6-4-7-19(22)26/h2-3,5,8-13,27H,4,6-7H2,1H3. The summed E-state index contributed by atoms with van der Waals surface area (Å²) in [5.41, 5.74) is 1.98. The van der Waals surface area contributed by atoms with Crippen molar-refractivity contribution in [3.05, 3.63) is 71.4 Å². The Morgan fingerprint density at radius 1 is 1.00 bits per heavy atom. The summed E-state index contributed by atoms with van der Waals surface area (Å²) in [6.07, 6.45) is 2.75. The van der Waals surface area contributed by atoms with Gasteiger partial charge in [0.05, 0.1) is 5.52 Å². The number of carbonyl (C=O) groups is 2. The number of benzene rings is 2. The summed E-state index contributed by atoms with van der Waals surface area (Å²) in [5, 5.41) is 11.3. The summed E-state index contributed by atoms with van der Waals surface area (Å²) >= 11 is 0.